The third kappa shape index (κ3) is 3.69. The average Bonchev–Trinajstić information content (AvgIpc) is 3.40. The van der Waals surface area contributed by atoms with Gasteiger partial charge in [-0.1, -0.05) is 48.5 Å². The van der Waals surface area contributed by atoms with Crippen molar-refractivity contribution in [3.63, 3.8) is 0 Å². The molecule has 0 bridgehead atoms. The summed E-state index contributed by atoms with van der Waals surface area (Å²) in [7, 11) is 4.01. The number of anilines is 2. The first-order chi connectivity index (χ1) is 15.5. The molecule has 3 aromatic carbocycles. The van der Waals surface area contributed by atoms with E-state index in [4.69, 9.17) is 4.98 Å². The van der Waals surface area contributed by atoms with Crippen molar-refractivity contribution in [3.8, 4) is 11.3 Å². The van der Waals surface area contributed by atoms with Crippen LogP contribution in [-0.4, -0.2) is 30.7 Å². The Morgan fingerprint density at radius 2 is 1.72 bits per heavy atom. The van der Waals surface area contributed by atoms with Crippen molar-refractivity contribution in [2.24, 2.45) is 5.10 Å². The molecule has 158 valence electrons. The monoisotopic (exact) mass is 438 g/mol. The van der Waals surface area contributed by atoms with E-state index in [0.717, 1.165) is 27.9 Å². The van der Waals surface area contributed by atoms with E-state index in [1.165, 1.54) is 21.7 Å². The maximum Gasteiger partial charge on any atom is 0.282 e. The van der Waals surface area contributed by atoms with Gasteiger partial charge < -0.3 is 4.90 Å². The molecule has 5 rings (SSSR count). The molecule has 0 unspecified atom stereocenters. The SMILES string of the molecule is CC1=NN(c2nc(-c3ccc4ccccc4c3)cs2)C(=O)/C1=C\c1ccc(N(C)C)cc1. The van der Waals surface area contributed by atoms with Crippen LogP contribution in [0.4, 0.5) is 10.8 Å². The summed E-state index contributed by atoms with van der Waals surface area (Å²) in [5.41, 5.74) is 5.22. The highest BCUT2D eigenvalue weighted by Gasteiger charge is 2.30. The number of hydrogen-bond acceptors (Lipinski definition) is 5. The maximum atomic E-state index is 13.1. The van der Waals surface area contributed by atoms with Crippen molar-refractivity contribution < 1.29 is 4.79 Å². The van der Waals surface area contributed by atoms with Gasteiger partial charge in [-0.05, 0) is 47.5 Å². The Morgan fingerprint density at radius 1 is 0.969 bits per heavy atom. The molecule has 2 heterocycles. The van der Waals surface area contributed by atoms with Crippen LogP contribution in [0, 0.1) is 0 Å². The molecule has 4 aromatic rings. The van der Waals surface area contributed by atoms with E-state index >= 15 is 0 Å². The molecule has 0 radical (unpaired) electrons. The lowest BCUT2D eigenvalue weighted by Crippen LogP contribution is -2.21. The number of thiazole rings is 1. The zero-order valence-corrected chi connectivity index (χ0v) is 18.9. The van der Waals surface area contributed by atoms with Gasteiger partial charge in [-0.2, -0.15) is 10.1 Å². The van der Waals surface area contributed by atoms with Gasteiger partial charge in [-0.15, -0.1) is 11.3 Å². The second-order valence-corrected chi connectivity index (χ2v) is 8.76. The Labute approximate surface area is 190 Å². The number of rotatable bonds is 4. The number of hydrazone groups is 1. The summed E-state index contributed by atoms with van der Waals surface area (Å²) in [5.74, 6) is -0.154. The number of carbonyl (C=O) groups is 1. The summed E-state index contributed by atoms with van der Waals surface area (Å²) in [4.78, 5) is 19.9. The van der Waals surface area contributed by atoms with Gasteiger partial charge >= 0.3 is 0 Å². The van der Waals surface area contributed by atoms with E-state index in [-0.39, 0.29) is 5.91 Å². The van der Waals surface area contributed by atoms with Gasteiger partial charge in [0.1, 0.15) is 0 Å². The Morgan fingerprint density at radius 3 is 2.47 bits per heavy atom. The first kappa shape index (κ1) is 20.2. The van der Waals surface area contributed by atoms with Crippen LogP contribution in [0.2, 0.25) is 0 Å². The number of amides is 1. The molecule has 0 saturated carbocycles. The largest absolute Gasteiger partial charge is 0.378 e. The van der Waals surface area contributed by atoms with Crippen LogP contribution in [0.5, 0.6) is 0 Å². The molecule has 1 aliphatic rings. The van der Waals surface area contributed by atoms with Crippen LogP contribution < -0.4 is 9.91 Å². The first-order valence-corrected chi connectivity index (χ1v) is 11.2. The molecule has 1 aromatic heterocycles. The highest BCUT2D eigenvalue weighted by molar-refractivity contribution is 7.14. The van der Waals surface area contributed by atoms with E-state index in [2.05, 4.69) is 35.4 Å². The minimum atomic E-state index is -0.154. The van der Waals surface area contributed by atoms with Crippen molar-refractivity contribution in [3.05, 3.63) is 83.2 Å². The highest BCUT2D eigenvalue weighted by atomic mass is 32.1. The normalized spacial score (nSPS) is 15.0. The number of benzene rings is 3. The summed E-state index contributed by atoms with van der Waals surface area (Å²) in [6.07, 6.45) is 1.89. The predicted octanol–water partition coefficient (Wildman–Crippen LogP) is 5.84. The molecule has 0 N–H and O–H groups in total. The van der Waals surface area contributed by atoms with Crippen LogP contribution in [0.1, 0.15) is 12.5 Å². The number of aromatic nitrogens is 1. The van der Waals surface area contributed by atoms with Gasteiger partial charge in [-0.25, -0.2) is 4.98 Å². The Balaban J connectivity index is 1.41. The highest BCUT2D eigenvalue weighted by Crippen LogP contribution is 2.32. The molecule has 6 heteroatoms. The van der Waals surface area contributed by atoms with Gasteiger partial charge in [0.05, 0.1) is 17.0 Å². The zero-order chi connectivity index (χ0) is 22.2. The van der Waals surface area contributed by atoms with Crippen LogP contribution in [0.15, 0.2) is 82.8 Å². The summed E-state index contributed by atoms with van der Waals surface area (Å²) in [6.45, 7) is 1.86. The molecular weight excluding hydrogens is 416 g/mol. The molecule has 5 nitrogen and oxygen atoms in total. The fraction of sp³-hybridized carbons (Fsp3) is 0.115. The van der Waals surface area contributed by atoms with Gasteiger partial charge in [0.15, 0.2) is 0 Å². The summed E-state index contributed by atoms with van der Waals surface area (Å²) >= 11 is 1.42. The van der Waals surface area contributed by atoms with E-state index in [0.29, 0.717) is 16.4 Å². The van der Waals surface area contributed by atoms with E-state index in [1.54, 1.807) is 0 Å². The molecule has 0 aliphatic carbocycles. The van der Waals surface area contributed by atoms with Crippen molar-refractivity contribution in [1.82, 2.24) is 4.98 Å². The van der Waals surface area contributed by atoms with Crippen LogP contribution in [0.25, 0.3) is 28.1 Å². The maximum absolute atomic E-state index is 13.1. The Bertz CT molecular complexity index is 1380. The lowest BCUT2D eigenvalue weighted by Gasteiger charge is -2.12. The number of hydrogen-bond donors (Lipinski definition) is 0. The third-order valence-corrected chi connectivity index (χ3v) is 6.32. The molecule has 0 fully saturated rings. The van der Waals surface area contributed by atoms with Crippen LogP contribution in [-0.2, 0) is 4.79 Å². The number of nitrogens with zero attached hydrogens (tertiary/aromatic N) is 4. The lowest BCUT2D eigenvalue weighted by atomic mass is 10.1. The molecule has 0 spiro atoms. The second kappa shape index (κ2) is 8.05. The average molecular weight is 439 g/mol. The van der Waals surface area contributed by atoms with Gasteiger partial charge in [0, 0.05) is 30.7 Å². The van der Waals surface area contributed by atoms with Gasteiger partial charge in [0.2, 0.25) is 5.13 Å². The minimum absolute atomic E-state index is 0.154. The quantitative estimate of drug-likeness (QED) is 0.376. The minimum Gasteiger partial charge on any atom is -0.378 e. The lowest BCUT2D eigenvalue weighted by molar-refractivity contribution is -0.114. The summed E-state index contributed by atoms with van der Waals surface area (Å²) in [5, 5.41) is 10.8. The van der Waals surface area contributed by atoms with Crippen LogP contribution >= 0.6 is 11.3 Å². The second-order valence-electron chi connectivity index (χ2n) is 7.92. The van der Waals surface area contributed by atoms with Crippen molar-refractivity contribution >= 4 is 50.6 Å². The topological polar surface area (TPSA) is 48.8 Å². The first-order valence-electron chi connectivity index (χ1n) is 10.3. The van der Waals surface area contributed by atoms with E-state index in [1.807, 2.05) is 73.8 Å². The fourth-order valence-electron chi connectivity index (χ4n) is 3.69. The molecule has 1 amide bonds. The molecular formula is C26H22N4OS. The molecule has 32 heavy (non-hydrogen) atoms. The van der Waals surface area contributed by atoms with E-state index < -0.39 is 0 Å². The van der Waals surface area contributed by atoms with Crippen LogP contribution in [0.3, 0.4) is 0 Å². The van der Waals surface area contributed by atoms with Crippen molar-refractivity contribution in [2.75, 3.05) is 24.0 Å². The fourth-order valence-corrected chi connectivity index (χ4v) is 4.47. The number of carbonyl (C=O) groups excluding carboxylic acids is 1. The van der Waals surface area contributed by atoms with Crippen molar-refractivity contribution in [1.29, 1.82) is 0 Å². The Hall–Kier alpha value is -3.77. The third-order valence-electron chi connectivity index (χ3n) is 5.50. The summed E-state index contributed by atoms with van der Waals surface area (Å²) < 4.78 is 0. The van der Waals surface area contributed by atoms with Gasteiger partial charge in [-0.3, -0.25) is 4.79 Å². The molecule has 1 aliphatic heterocycles. The van der Waals surface area contributed by atoms with Gasteiger partial charge in [0.25, 0.3) is 5.91 Å². The Kier molecular flexibility index (Phi) is 5.07. The standard InChI is InChI=1S/C26H22N4OS/c1-17-23(14-18-8-12-22(13-9-18)29(2)3)25(31)30(28-17)26-27-24(16-32-26)21-11-10-19-6-4-5-7-20(19)15-21/h4-16H,1-3H3/b23-14-. The summed E-state index contributed by atoms with van der Waals surface area (Å²) in [6, 6.07) is 22.6. The molecule has 0 saturated heterocycles. The molecule has 0 atom stereocenters. The number of fused-ring (bicyclic) bond motifs is 1. The smallest absolute Gasteiger partial charge is 0.282 e. The predicted molar refractivity (Wildman–Crippen MR) is 134 cm³/mol. The zero-order valence-electron chi connectivity index (χ0n) is 18.1. The van der Waals surface area contributed by atoms with Crippen molar-refractivity contribution in [2.45, 2.75) is 6.92 Å². The van der Waals surface area contributed by atoms with E-state index in [9.17, 15) is 4.79 Å².